The number of hydrogen-bond acceptors (Lipinski definition) is 5. The highest BCUT2D eigenvalue weighted by Gasteiger charge is 2.07. The van der Waals surface area contributed by atoms with Crippen LogP contribution in [0.1, 0.15) is 0 Å². The predicted molar refractivity (Wildman–Crippen MR) is 59.4 cm³/mol. The maximum Gasteiger partial charge on any atom is 0.319 e. The number of fused-ring (bicyclic) bond motifs is 1. The molecule has 0 amide bonds. The van der Waals surface area contributed by atoms with E-state index in [0.717, 1.165) is 10.9 Å². The van der Waals surface area contributed by atoms with Crippen molar-refractivity contribution in [3.05, 3.63) is 36.4 Å². The van der Waals surface area contributed by atoms with Gasteiger partial charge in [0.2, 0.25) is 5.82 Å². The van der Waals surface area contributed by atoms with Gasteiger partial charge in [0.25, 0.3) is 0 Å². The molecule has 0 aliphatic rings. The molecule has 0 fully saturated rings. The van der Waals surface area contributed by atoms with E-state index in [1.165, 1.54) is 0 Å². The van der Waals surface area contributed by atoms with Crippen molar-refractivity contribution in [1.82, 2.24) is 15.1 Å². The number of benzene rings is 1. The van der Waals surface area contributed by atoms with Crippen molar-refractivity contribution >= 4 is 16.9 Å². The van der Waals surface area contributed by atoms with Crippen molar-refractivity contribution in [1.29, 1.82) is 0 Å². The standard InChI is InChI=1S/C11H8N4O/c12-11-14-10(15-16-11)9-6-5-7-3-1-2-4-8(7)13-9/h1-6H,(H2,12,14,15). The van der Waals surface area contributed by atoms with Crippen LogP contribution in [0.3, 0.4) is 0 Å². The Hall–Kier alpha value is -2.43. The Bertz CT molecular complexity index is 647. The molecule has 0 aliphatic carbocycles. The molecule has 0 saturated carbocycles. The van der Waals surface area contributed by atoms with Gasteiger partial charge in [-0.2, -0.15) is 4.98 Å². The number of hydrogen-bond donors (Lipinski definition) is 1. The van der Waals surface area contributed by atoms with Gasteiger partial charge in [0.05, 0.1) is 5.52 Å². The molecule has 0 radical (unpaired) electrons. The van der Waals surface area contributed by atoms with Gasteiger partial charge in [0.15, 0.2) is 0 Å². The van der Waals surface area contributed by atoms with E-state index in [1.807, 2.05) is 36.4 Å². The van der Waals surface area contributed by atoms with E-state index in [2.05, 4.69) is 15.1 Å². The van der Waals surface area contributed by atoms with E-state index in [0.29, 0.717) is 11.5 Å². The van der Waals surface area contributed by atoms with Crippen LogP contribution < -0.4 is 5.73 Å². The maximum atomic E-state index is 5.36. The Morgan fingerprint density at radius 1 is 1.00 bits per heavy atom. The van der Waals surface area contributed by atoms with Crippen molar-refractivity contribution in [3.63, 3.8) is 0 Å². The molecule has 2 aromatic heterocycles. The van der Waals surface area contributed by atoms with E-state index in [4.69, 9.17) is 10.3 Å². The molecule has 3 aromatic rings. The number of nitrogens with two attached hydrogens (primary N) is 1. The highest BCUT2D eigenvalue weighted by molar-refractivity contribution is 5.80. The Labute approximate surface area is 90.9 Å². The molecule has 0 bridgehead atoms. The number of nitrogen functional groups attached to an aromatic ring is 1. The van der Waals surface area contributed by atoms with E-state index < -0.39 is 0 Å². The Kier molecular flexibility index (Phi) is 1.83. The fourth-order valence-corrected chi connectivity index (χ4v) is 1.53. The van der Waals surface area contributed by atoms with Crippen LogP contribution in [0.15, 0.2) is 40.9 Å². The zero-order valence-electron chi connectivity index (χ0n) is 8.29. The first-order valence-corrected chi connectivity index (χ1v) is 4.78. The summed E-state index contributed by atoms with van der Waals surface area (Å²) in [4.78, 5) is 8.34. The van der Waals surface area contributed by atoms with E-state index in [1.54, 1.807) is 0 Å². The highest BCUT2D eigenvalue weighted by Crippen LogP contribution is 2.18. The second kappa shape index (κ2) is 3.30. The van der Waals surface area contributed by atoms with Crippen LogP contribution in [-0.4, -0.2) is 15.1 Å². The summed E-state index contributed by atoms with van der Waals surface area (Å²) in [6.45, 7) is 0. The first kappa shape index (κ1) is 8.84. The van der Waals surface area contributed by atoms with Gasteiger partial charge in [-0.25, -0.2) is 4.98 Å². The second-order valence-corrected chi connectivity index (χ2v) is 3.35. The molecule has 16 heavy (non-hydrogen) atoms. The predicted octanol–water partition coefficient (Wildman–Crippen LogP) is 1.87. The summed E-state index contributed by atoms with van der Waals surface area (Å²) >= 11 is 0. The van der Waals surface area contributed by atoms with Gasteiger partial charge >= 0.3 is 6.01 Å². The van der Waals surface area contributed by atoms with Crippen LogP contribution in [0, 0.1) is 0 Å². The SMILES string of the molecule is Nc1nc(-c2ccc3ccccc3n2)no1. The molecule has 2 N–H and O–H groups in total. The number of rotatable bonds is 1. The van der Waals surface area contributed by atoms with Crippen LogP contribution in [0.5, 0.6) is 0 Å². The van der Waals surface area contributed by atoms with Gasteiger partial charge in [-0.15, -0.1) is 0 Å². The summed E-state index contributed by atoms with van der Waals surface area (Å²) in [6.07, 6.45) is 0. The minimum Gasteiger partial charge on any atom is -0.351 e. The number of anilines is 1. The van der Waals surface area contributed by atoms with Crippen molar-refractivity contribution in [3.8, 4) is 11.5 Å². The molecule has 0 aliphatic heterocycles. The second-order valence-electron chi connectivity index (χ2n) is 3.35. The van der Waals surface area contributed by atoms with Crippen LogP contribution >= 0.6 is 0 Å². The van der Waals surface area contributed by atoms with Crippen molar-refractivity contribution in [2.24, 2.45) is 0 Å². The molecule has 0 unspecified atom stereocenters. The molecule has 2 heterocycles. The minimum atomic E-state index is 0.0463. The van der Waals surface area contributed by atoms with Crippen molar-refractivity contribution in [2.75, 3.05) is 5.73 Å². The zero-order chi connectivity index (χ0) is 11.0. The number of aromatic nitrogens is 3. The van der Waals surface area contributed by atoms with Gasteiger partial charge in [0, 0.05) is 5.39 Å². The van der Waals surface area contributed by atoms with Gasteiger partial charge in [-0.3, -0.25) is 0 Å². The van der Waals surface area contributed by atoms with Gasteiger partial charge in [0.1, 0.15) is 5.69 Å². The van der Waals surface area contributed by atoms with Gasteiger partial charge in [-0.1, -0.05) is 29.4 Å². The molecular formula is C11H8N4O. The lowest BCUT2D eigenvalue weighted by atomic mass is 10.2. The molecule has 1 aromatic carbocycles. The first-order chi connectivity index (χ1) is 7.83. The summed E-state index contributed by atoms with van der Waals surface area (Å²) in [5.41, 5.74) is 6.90. The zero-order valence-corrected chi connectivity index (χ0v) is 8.29. The third-order valence-corrected chi connectivity index (χ3v) is 2.27. The highest BCUT2D eigenvalue weighted by atomic mass is 16.5. The summed E-state index contributed by atoms with van der Waals surface area (Å²) in [5.74, 6) is 0.406. The molecule has 5 nitrogen and oxygen atoms in total. The average molecular weight is 212 g/mol. The third kappa shape index (κ3) is 1.38. The summed E-state index contributed by atoms with van der Waals surface area (Å²) in [5, 5.41) is 4.79. The number of para-hydroxylation sites is 1. The molecule has 0 saturated heterocycles. The molecule has 78 valence electrons. The van der Waals surface area contributed by atoms with Gasteiger partial charge < -0.3 is 10.3 Å². The lowest BCUT2D eigenvalue weighted by molar-refractivity contribution is 0.436. The van der Waals surface area contributed by atoms with Crippen LogP contribution in [0.4, 0.5) is 6.01 Å². The molecule has 0 atom stereocenters. The van der Waals surface area contributed by atoms with Crippen LogP contribution in [0.25, 0.3) is 22.4 Å². The fourth-order valence-electron chi connectivity index (χ4n) is 1.53. The average Bonchev–Trinajstić information content (AvgIpc) is 2.75. The van der Waals surface area contributed by atoms with E-state index in [-0.39, 0.29) is 6.01 Å². The molecule has 0 spiro atoms. The Morgan fingerprint density at radius 2 is 1.88 bits per heavy atom. The van der Waals surface area contributed by atoms with Crippen molar-refractivity contribution < 1.29 is 4.52 Å². The smallest absolute Gasteiger partial charge is 0.319 e. The van der Waals surface area contributed by atoms with E-state index in [9.17, 15) is 0 Å². The minimum absolute atomic E-state index is 0.0463. The fraction of sp³-hybridized carbons (Fsp3) is 0. The van der Waals surface area contributed by atoms with Crippen molar-refractivity contribution in [2.45, 2.75) is 0 Å². The number of nitrogens with zero attached hydrogens (tertiary/aromatic N) is 3. The monoisotopic (exact) mass is 212 g/mol. The topological polar surface area (TPSA) is 77.8 Å². The lowest BCUT2D eigenvalue weighted by Crippen LogP contribution is -1.88. The normalized spacial score (nSPS) is 10.8. The third-order valence-electron chi connectivity index (χ3n) is 2.27. The van der Waals surface area contributed by atoms with E-state index >= 15 is 0 Å². The van der Waals surface area contributed by atoms with Crippen LogP contribution in [0.2, 0.25) is 0 Å². The lowest BCUT2D eigenvalue weighted by Gasteiger charge is -1.97. The molecular weight excluding hydrogens is 204 g/mol. The largest absolute Gasteiger partial charge is 0.351 e. The summed E-state index contributed by atoms with van der Waals surface area (Å²) in [6, 6.07) is 11.7. The summed E-state index contributed by atoms with van der Waals surface area (Å²) in [7, 11) is 0. The number of pyridine rings is 1. The molecule has 5 heteroatoms. The quantitative estimate of drug-likeness (QED) is 0.666. The van der Waals surface area contributed by atoms with Gasteiger partial charge in [-0.05, 0) is 12.1 Å². The Morgan fingerprint density at radius 3 is 2.69 bits per heavy atom. The Balaban J connectivity index is 2.18. The molecule has 3 rings (SSSR count). The first-order valence-electron chi connectivity index (χ1n) is 4.78. The van der Waals surface area contributed by atoms with Crippen LogP contribution in [-0.2, 0) is 0 Å². The maximum absolute atomic E-state index is 5.36. The summed E-state index contributed by atoms with van der Waals surface area (Å²) < 4.78 is 4.71.